The van der Waals surface area contributed by atoms with Crippen molar-refractivity contribution in [3.8, 4) is 0 Å². The Morgan fingerprint density at radius 2 is 2.11 bits per heavy atom. The lowest BCUT2D eigenvalue weighted by molar-refractivity contribution is 0.392. The standard InChI is InChI=1S/C14H30N2O2S/c1-3-4-5-8-13(2)16-19(17,18)12-10-14-9-6-7-11-15-14/h13-16H,3-12H2,1-2H3. The minimum atomic E-state index is -3.11. The number of hydrogen-bond acceptors (Lipinski definition) is 3. The minimum absolute atomic E-state index is 0.0656. The van der Waals surface area contributed by atoms with Crippen LogP contribution in [0.25, 0.3) is 0 Å². The van der Waals surface area contributed by atoms with Gasteiger partial charge < -0.3 is 5.32 Å². The summed E-state index contributed by atoms with van der Waals surface area (Å²) in [4.78, 5) is 0. The molecule has 0 bridgehead atoms. The van der Waals surface area contributed by atoms with Gasteiger partial charge in [-0.2, -0.15) is 0 Å². The fourth-order valence-corrected chi connectivity index (χ4v) is 4.04. The van der Waals surface area contributed by atoms with Gasteiger partial charge in [-0.15, -0.1) is 0 Å². The maximum atomic E-state index is 12.0. The van der Waals surface area contributed by atoms with Crippen molar-refractivity contribution in [2.75, 3.05) is 12.3 Å². The summed E-state index contributed by atoms with van der Waals surface area (Å²) in [5.74, 6) is 0.253. The smallest absolute Gasteiger partial charge is 0.211 e. The SMILES string of the molecule is CCCCCC(C)NS(=O)(=O)CCC1CCCCN1. The van der Waals surface area contributed by atoms with E-state index in [0.29, 0.717) is 6.04 Å². The van der Waals surface area contributed by atoms with E-state index in [0.717, 1.165) is 32.2 Å². The van der Waals surface area contributed by atoms with E-state index in [1.807, 2.05) is 6.92 Å². The van der Waals surface area contributed by atoms with Crippen LogP contribution in [-0.4, -0.2) is 32.8 Å². The zero-order valence-electron chi connectivity index (χ0n) is 12.5. The Bertz CT molecular complexity index is 324. The molecule has 1 fully saturated rings. The normalized spacial score (nSPS) is 22.3. The third-order valence-corrected chi connectivity index (χ3v) is 5.30. The molecule has 0 aromatic carbocycles. The first-order chi connectivity index (χ1) is 9.03. The first-order valence-corrected chi connectivity index (χ1v) is 9.42. The van der Waals surface area contributed by atoms with Crippen LogP contribution in [0, 0.1) is 0 Å². The molecule has 0 aromatic rings. The van der Waals surface area contributed by atoms with E-state index in [1.54, 1.807) is 0 Å². The summed E-state index contributed by atoms with van der Waals surface area (Å²) in [5, 5.41) is 3.39. The second kappa shape index (κ2) is 8.93. The van der Waals surface area contributed by atoms with E-state index in [2.05, 4.69) is 17.0 Å². The molecule has 1 aliphatic rings. The topological polar surface area (TPSA) is 58.2 Å². The molecule has 2 atom stereocenters. The van der Waals surface area contributed by atoms with Gasteiger partial charge in [-0.05, 0) is 39.2 Å². The zero-order chi connectivity index (χ0) is 14.1. The first kappa shape index (κ1) is 16.9. The lowest BCUT2D eigenvalue weighted by Gasteiger charge is -2.23. The molecule has 0 radical (unpaired) electrons. The predicted octanol–water partition coefficient (Wildman–Crippen LogP) is 2.41. The second-order valence-corrected chi connectivity index (χ2v) is 7.64. The molecule has 0 aromatic heterocycles. The average Bonchev–Trinajstić information content (AvgIpc) is 2.37. The Morgan fingerprint density at radius 1 is 1.32 bits per heavy atom. The van der Waals surface area contributed by atoms with Crippen molar-refractivity contribution >= 4 is 10.0 Å². The summed E-state index contributed by atoms with van der Waals surface area (Å²) >= 11 is 0. The van der Waals surface area contributed by atoms with Crippen molar-refractivity contribution in [1.29, 1.82) is 0 Å². The Balaban J connectivity index is 2.22. The molecular formula is C14H30N2O2S. The number of nitrogens with one attached hydrogen (secondary N) is 2. The van der Waals surface area contributed by atoms with Crippen LogP contribution < -0.4 is 10.0 Å². The highest BCUT2D eigenvalue weighted by Gasteiger charge is 2.18. The molecule has 1 saturated heterocycles. The highest BCUT2D eigenvalue weighted by atomic mass is 32.2. The lowest BCUT2D eigenvalue weighted by Crippen LogP contribution is -2.39. The largest absolute Gasteiger partial charge is 0.314 e. The molecule has 0 spiro atoms. The molecule has 0 aliphatic carbocycles. The Hall–Kier alpha value is -0.130. The van der Waals surface area contributed by atoms with Crippen LogP contribution in [0.5, 0.6) is 0 Å². The monoisotopic (exact) mass is 290 g/mol. The lowest BCUT2D eigenvalue weighted by atomic mass is 10.0. The fraction of sp³-hybridized carbons (Fsp3) is 1.00. The van der Waals surface area contributed by atoms with Gasteiger partial charge in [0.25, 0.3) is 0 Å². The van der Waals surface area contributed by atoms with Gasteiger partial charge in [0, 0.05) is 12.1 Å². The highest BCUT2D eigenvalue weighted by Crippen LogP contribution is 2.11. The number of rotatable bonds is 9. The van der Waals surface area contributed by atoms with Gasteiger partial charge in [0.2, 0.25) is 10.0 Å². The van der Waals surface area contributed by atoms with E-state index in [4.69, 9.17) is 0 Å². The average molecular weight is 290 g/mol. The van der Waals surface area contributed by atoms with Crippen LogP contribution in [0.1, 0.15) is 65.2 Å². The number of unbranched alkanes of at least 4 members (excludes halogenated alkanes) is 2. The number of hydrogen-bond donors (Lipinski definition) is 2. The van der Waals surface area contributed by atoms with Crippen LogP contribution in [0.3, 0.4) is 0 Å². The van der Waals surface area contributed by atoms with Crippen molar-refractivity contribution in [3.63, 3.8) is 0 Å². The summed E-state index contributed by atoms with van der Waals surface area (Å²) in [7, 11) is -3.11. The fourth-order valence-electron chi connectivity index (χ4n) is 2.59. The quantitative estimate of drug-likeness (QED) is 0.641. The zero-order valence-corrected chi connectivity index (χ0v) is 13.3. The van der Waals surface area contributed by atoms with E-state index in [1.165, 1.54) is 25.7 Å². The molecule has 4 nitrogen and oxygen atoms in total. The molecule has 1 aliphatic heterocycles. The van der Waals surface area contributed by atoms with E-state index >= 15 is 0 Å². The molecule has 2 N–H and O–H groups in total. The number of piperidine rings is 1. The second-order valence-electron chi connectivity index (χ2n) is 5.77. The van der Waals surface area contributed by atoms with Gasteiger partial charge in [-0.3, -0.25) is 0 Å². The third-order valence-electron chi connectivity index (χ3n) is 3.77. The van der Waals surface area contributed by atoms with Crippen LogP contribution in [0.15, 0.2) is 0 Å². The maximum Gasteiger partial charge on any atom is 0.211 e. The van der Waals surface area contributed by atoms with Crippen LogP contribution >= 0.6 is 0 Å². The van der Waals surface area contributed by atoms with Crippen LogP contribution in [-0.2, 0) is 10.0 Å². The van der Waals surface area contributed by atoms with Gasteiger partial charge in [-0.1, -0.05) is 32.6 Å². The van der Waals surface area contributed by atoms with Gasteiger partial charge >= 0.3 is 0 Å². The molecular weight excluding hydrogens is 260 g/mol. The molecule has 5 heteroatoms. The van der Waals surface area contributed by atoms with Crippen molar-refractivity contribution in [3.05, 3.63) is 0 Å². The molecule has 0 saturated carbocycles. The van der Waals surface area contributed by atoms with E-state index in [9.17, 15) is 8.42 Å². The number of sulfonamides is 1. The van der Waals surface area contributed by atoms with Crippen molar-refractivity contribution in [2.45, 2.75) is 77.3 Å². The Kier molecular flexibility index (Phi) is 7.95. The van der Waals surface area contributed by atoms with Gasteiger partial charge in [0.15, 0.2) is 0 Å². The third kappa shape index (κ3) is 7.90. The van der Waals surface area contributed by atoms with Crippen LogP contribution in [0.4, 0.5) is 0 Å². The molecule has 0 amide bonds. The van der Waals surface area contributed by atoms with Crippen molar-refractivity contribution in [2.24, 2.45) is 0 Å². The maximum absolute atomic E-state index is 12.0. The van der Waals surface area contributed by atoms with Crippen molar-refractivity contribution < 1.29 is 8.42 Å². The van der Waals surface area contributed by atoms with E-state index in [-0.39, 0.29) is 11.8 Å². The van der Waals surface area contributed by atoms with E-state index < -0.39 is 10.0 Å². The van der Waals surface area contributed by atoms with Crippen molar-refractivity contribution in [1.82, 2.24) is 10.0 Å². The van der Waals surface area contributed by atoms with Gasteiger partial charge in [-0.25, -0.2) is 13.1 Å². The minimum Gasteiger partial charge on any atom is -0.314 e. The predicted molar refractivity (Wildman–Crippen MR) is 80.8 cm³/mol. The molecule has 19 heavy (non-hydrogen) atoms. The first-order valence-electron chi connectivity index (χ1n) is 7.77. The van der Waals surface area contributed by atoms with Crippen LogP contribution in [0.2, 0.25) is 0 Å². The summed E-state index contributed by atoms with van der Waals surface area (Å²) in [6, 6.07) is 0.455. The Labute approximate surface area is 118 Å². The molecule has 1 rings (SSSR count). The summed E-state index contributed by atoms with van der Waals surface area (Å²) in [6.07, 6.45) is 8.68. The van der Waals surface area contributed by atoms with Gasteiger partial charge in [0.05, 0.1) is 5.75 Å². The summed E-state index contributed by atoms with van der Waals surface area (Å²) in [6.45, 7) is 5.16. The summed E-state index contributed by atoms with van der Waals surface area (Å²) in [5.41, 5.74) is 0. The molecule has 114 valence electrons. The molecule has 1 heterocycles. The Morgan fingerprint density at radius 3 is 2.74 bits per heavy atom. The summed E-state index contributed by atoms with van der Waals surface area (Å²) < 4.78 is 26.8. The molecule has 2 unspecified atom stereocenters. The highest BCUT2D eigenvalue weighted by molar-refractivity contribution is 7.89. The van der Waals surface area contributed by atoms with Gasteiger partial charge in [0.1, 0.15) is 0 Å².